The Balaban J connectivity index is 1.65. The number of anilines is 2. The summed E-state index contributed by atoms with van der Waals surface area (Å²) in [5.74, 6) is 1.01. The Labute approximate surface area is 134 Å². The molecule has 0 bridgehead atoms. The molecule has 2 aromatic rings. The van der Waals surface area contributed by atoms with E-state index in [1.807, 2.05) is 12.1 Å². The molecule has 0 aliphatic carbocycles. The molecule has 0 amide bonds. The van der Waals surface area contributed by atoms with Gasteiger partial charge in [-0.25, -0.2) is 0 Å². The Morgan fingerprint density at radius 1 is 1.24 bits per heavy atom. The third kappa shape index (κ3) is 3.16. The van der Waals surface area contributed by atoms with Crippen LogP contribution in [0.2, 0.25) is 0 Å². The lowest BCUT2D eigenvalue weighted by Gasteiger charge is -2.20. The van der Waals surface area contributed by atoms with Crippen molar-refractivity contribution in [2.75, 3.05) is 30.9 Å². The Morgan fingerprint density at radius 2 is 2.05 bits per heavy atom. The molecule has 1 atom stereocenters. The van der Waals surface area contributed by atoms with Crippen LogP contribution in [0.25, 0.3) is 0 Å². The molecule has 0 radical (unpaired) electrons. The molecule has 4 heteroatoms. The fraction of sp³-hybridized carbons (Fsp3) is 0.294. The van der Waals surface area contributed by atoms with Crippen LogP contribution in [0.3, 0.4) is 0 Å². The van der Waals surface area contributed by atoms with E-state index in [4.69, 9.17) is 4.74 Å². The SMILES string of the molecule is CN(C)c1ccccc1NCC1Cc2cc(Br)ccc2O1. The molecular weight excluding hydrogens is 328 g/mol. The number of nitrogens with one attached hydrogen (secondary N) is 1. The van der Waals surface area contributed by atoms with Crippen molar-refractivity contribution in [2.45, 2.75) is 12.5 Å². The Kier molecular flexibility index (Phi) is 4.06. The van der Waals surface area contributed by atoms with Gasteiger partial charge in [-0.15, -0.1) is 0 Å². The van der Waals surface area contributed by atoms with E-state index in [0.717, 1.165) is 28.9 Å². The third-order valence-corrected chi connectivity index (χ3v) is 4.16. The number of para-hydroxylation sites is 2. The second-order valence-electron chi connectivity index (χ2n) is 5.49. The van der Waals surface area contributed by atoms with Gasteiger partial charge in [0, 0.05) is 25.0 Å². The van der Waals surface area contributed by atoms with Crippen molar-refractivity contribution in [1.82, 2.24) is 0 Å². The monoisotopic (exact) mass is 346 g/mol. The molecule has 21 heavy (non-hydrogen) atoms. The van der Waals surface area contributed by atoms with Crippen LogP contribution in [0.4, 0.5) is 11.4 Å². The lowest BCUT2D eigenvalue weighted by atomic mass is 10.1. The summed E-state index contributed by atoms with van der Waals surface area (Å²) in [6, 6.07) is 14.5. The normalized spacial score (nSPS) is 16.2. The van der Waals surface area contributed by atoms with Crippen LogP contribution in [0.15, 0.2) is 46.9 Å². The second kappa shape index (κ2) is 5.98. The number of hydrogen-bond donors (Lipinski definition) is 1. The molecule has 110 valence electrons. The zero-order valence-electron chi connectivity index (χ0n) is 12.3. The first-order chi connectivity index (χ1) is 10.1. The van der Waals surface area contributed by atoms with Gasteiger partial charge in [0.1, 0.15) is 11.9 Å². The van der Waals surface area contributed by atoms with Gasteiger partial charge in [0.2, 0.25) is 0 Å². The first-order valence-electron chi connectivity index (χ1n) is 7.09. The minimum atomic E-state index is 0.185. The minimum absolute atomic E-state index is 0.185. The molecule has 3 rings (SSSR count). The molecule has 1 aliphatic heterocycles. The van der Waals surface area contributed by atoms with Gasteiger partial charge in [0.05, 0.1) is 17.9 Å². The predicted octanol–water partition coefficient (Wildman–Crippen LogP) is 3.93. The van der Waals surface area contributed by atoms with E-state index in [0.29, 0.717) is 0 Å². The molecule has 1 N–H and O–H groups in total. The molecule has 0 aromatic heterocycles. The summed E-state index contributed by atoms with van der Waals surface area (Å²) in [5, 5.41) is 3.51. The lowest BCUT2D eigenvalue weighted by molar-refractivity contribution is 0.246. The number of nitrogens with zero attached hydrogens (tertiary/aromatic N) is 1. The smallest absolute Gasteiger partial charge is 0.123 e. The highest BCUT2D eigenvalue weighted by Gasteiger charge is 2.22. The molecule has 1 heterocycles. The summed E-state index contributed by atoms with van der Waals surface area (Å²) < 4.78 is 7.09. The molecular formula is C17H19BrN2O. The van der Waals surface area contributed by atoms with Gasteiger partial charge in [0.15, 0.2) is 0 Å². The van der Waals surface area contributed by atoms with E-state index in [2.05, 4.69) is 70.6 Å². The van der Waals surface area contributed by atoms with Crippen LogP contribution in [0.5, 0.6) is 5.75 Å². The summed E-state index contributed by atoms with van der Waals surface area (Å²) in [6.45, 7) is 0.803. The van der Waals surface area contributed by atoms with Crippen molar-refractivity contribution in [1.29, 1.82) is 0 Å². The van der Waals surface area contributed by atoms with Gasteiger partial charge >= 0.3 is 0 Å². The van der Waals surface area contributed by atoms with Gasteiger partial charge in [-0.3, -0.25) is 0 Å². The van der Waals surface area contributed by atoms with Crippen molar-refractivity contribution in [2.24, 2.45) is 0 Å². The standard InChI is InChI=1S/C17H19BrN2O/c1-20(2)16-6-4-3-5-15(16)19-11-14-10-12-9-13(18)7-8-17(12)21-14/h3-9,14,19H,10-11H2,1-2H3. The molecule has 0 saturated heterocycles. The summed E-state index contributed by atoms with van der Waals surface area (Å²) in [4.78, 5) is 2.11. The van der Waals surface area contributed by atoms with Gasteiger partial charge in [-0.05, 0) is 35.9 Å². The van der Waals surface area contributed by atoms with E-state index in [1.165, 1.54) is 11.3 Å². The van der Waals surface area contributed by atoms with E-state index < -0.39 is 0 Å². The fourth-order valence-corrected chi connectivity index (χ4v) is 3.05. The molecule has 0 fully saturated rings. The lowest BCUT2D eigenvalue weighted by Crippen LogP contribution is -2.24. The van der Waals surface area contributed by atoms with Crippen LogP contribution in [0.1, 0.15) is 5.56 Å². The number of rotatable bonds is 4. The van der Waals surface area contributed by atoms with Crippen LogP contribution < -0.4 is 15.0 Å². The maximum Gasteiger partial charge on any atom is 0.123 e. The minimum Gasteiger partial charge on any atom is -0.488 e. The first kappa shape index (κ1) is 14.3. The predicted molar refractivity (Wildman–Crippen MR) is 91.5 cm³/mol. The summed E-state index contributed by atoms with van der Waals surface area (Å²) in [5.41, 5.74) is 3.61. The number of halogens is 1. The third-order valence-electron chi connectivity index (χ3n) is 3.67. The molecule has 0 saturated carbocycles. The topological polar surface area (TPSA) is 24.5 Å². The maximum absolute atomic E-state index is 5.99. The average Bonchev–Trinajstić information content (AvgIpc) is 2.87. The average molecular weight is 347 g/mol. The van der Waals surface area contributed by atoms with Gasteiger partial charge in [-0.2, -0.15) is 0 Å². The van der Waals surface area contributed by atoms with Gasteiger partial charge < -0.3 is 15.0 Å². The Bertz CT molecular complexity index is 642. The summed E-state index contributed by atoms with van der Waals surface area (Å²) >= 11 is 3.51. The molecule has 2 aromatic carbocycles. The molecule has 1 aliphatic rings. The number of ether oxygens (including phenoxy) is 1. The Hall–Kier alpha value is -1.68. The van der Waals surface area contributed by atoms with Crippen LogP contribution >= 0.6 is 15.9 Å². The number of fused-ring (bicyclic) bond motifs is 1. The van der Waals surface area contributed by atoms with E-state index in [-0.39, 0.29) is 6.10 Å². The number of hydrogen-bond acceptors (Lipinski definition) is 3. The highest BCUT2D eigenvalue weighted by Crippen LogP contribution is 2.31. The van der Waals surface area contributed by atoms with Crippen LogP contribution in [-0.2, 0) is 6.42 Å². The molecule has 0 spiro atoms. The summed E-state index contributed by atoms with van der Waals surface area (Å²) in [6.07, 6.45) is 1.14. The first-order valence-corrected chi connectivity index (χ1v) is 7.88. The second-order valence-corrected chi connectivity index (χ2v) is 6.40. The maximum atomic E-state index is 5.99. The van der Waals surface area contributed by atoms with E-state index >= 15 is 0 Å². The van der Waals surface area contributed by atoms with Crippen molar-refractivity contribution >= 4 is 27.3 Å². The highest BCUT2D eigenvalue weighted by molar-refractivity contribution is 9.10. The molecule has 1 unspecified atom stereocenters. The van der Waals surface area contributed by atoms with Crippen molar-refractivity contribution in [3.05, 3.63) is 52.5 Å². The zero-order chi connectivity index (χ0) is 14.8. The quantitative estimate of drug-likeness (QED) is 0.907. The van der Waals surface area contributed by atoms with Crippen molar-refractivity contribution in [3.63, 3.8) is 0 Å². The van der Waals surface area contributed by atoms with Crippen molar-refractivity contribution in [3.8, 4) is 5.75 Å². The highest BCUT2D eigenvalue weighted by atomic mass is 79.9. The van der Waals surface area contributed by atoms with E-state index in [9.17, 15) is 0 Å². The van der Waals surface area contributed by atoms with Gasteiger partial charge in [-0.1, -0.05) is 28.1 Å². The van der Waals surface area contributed by atoms with Crippen LogP contribution in [-0.4, -0.2) is 26.7 Å². The summed E-state index contributed by atoms with van der Waals surface area (Å²) in [7, 11) is 4.11. The largest absolute Gasteiger partial charge is 0.488 e. The van der Waals surface area contributed by atoms with E-state index in [1.54, 1.807) is 0 Å². The van der Waals surface area contributed by atoms with Gasteiger partial charge in [0.25, 0.3) is 0 Å². The fourth-order valence-electron chi connectivity index (χ4n) is 2.64. The zero-order valence-corrected chi connectivity index (χ0v) is 13.9. The molecule has 3 nitrogen and oxygen atoms in total. The number of benzene rings is 2. The van der Waals surface area contributed by atoms with Crippen LogP contribution in [0, 0.1) is 0 Å². The van der Waals surface area contributed by atoms with Crippen molar-refractivity contribution < 1.29 is 4.74 Å². The Morgan fingerprint density at radius 3 is 2.86 bits per heavy atom.